The lowest BCUT2D eigenvalue weighted by atomic mass is 9.91. The lowest BCUT2D eigenvalue weighted by Gasteiger charge is -2.22. The van der Waals surface area contributed by atoms with E-state index >= 15 is 0 Å². The summed E-state index contributed by atoms with van der Waals surface area (Å²) in [5.74, 6) is 5.80. The summed E-state index contributed by atoms with van der Waals surface area (Å²) in [5.41, 5.74) is 5.73. The minimum Gasteiger partial charge on any atom is -0.271 e. The molecule has 0 heterocycles. The Morgan fingerprint density at radius 1 is 1.11 bits per heavy atom. The van der Waals surface area contributed by atoms with Crippen molar-refractivity contribution >= 4 is 11.8 Å². The van der Waals surface area contributed by atoms with Crippen LogP contribution in [0.2, 0.25) is 0 Å². The largest absolute Gasteiger partial charge is 0.271 e. The molecule has 1 aliphatic carbocycles. The van der Waals surface area contributed by atoms with Gasteiger partial charge in [-0.3, -0.25) is 5.84 Å². The minimum absolute atomic E-state index is 0.175. The number of rotatable bonds is 4. The van der Waals surface area contributed by atoms with Gasteiger partial charge in [0, 0.05) is 4.90 Å². The molecular formula is C16H24N2S. The predicted octanol–water partition coefficient (Wildman–Crippen LogP) is 4.19. The van der Waals surface area contributed by atoms with Crippen molar-refractivity contribution in [1.29, 1.82) is 0 Å². The average molecular weight is 276 g/mol. The van der Waals surface area contributed by atoms with Crippen LogP contribution in [0.3, 0.4) is 0 Å². The van der Waals surface area contributed by atoms with Gasteiger partial charge < -0.3 is 0 Å². The Hall–Kier alpha value is -0.770. The van der Waals surface area contributed by atoms with Crippen LogP contribution in [0.15, 0.2) is 40.8 Å². The van der Waals surface area contributed by atoms with E-state index in [1.165, 1.54) is 54.6 Å². The third kappa shape index (κ3) is 4.10. The van der Waals surface area contributed by atoms with Crippen molar-refractivity contribution in [2.45, 2.75) is 49.5 Å². The lowest BCUT2D eigenvalue weighted by molar-refractivity contribution is 0.555. The number of hydrazine groups is 1. The van der Waals surface area contributed by atoms with Gasteiger partial charge >= 0.3 is 0 Å². The first-order valence-electron chi connectivity index (χ1n) is 7.14. The number of nitrogens with two attached hydrogens (primary N) is 1. The topological polar surface area (TPSA) is 38.0 Å². The van der Waals surface area contributed by atoms with E-state index in [1.807, 2.05) is 0 Å². The minimum atomic E-state index is 0.175. The molecule has 19 heavy (non-hydrogen) atoms. The molecule has 0 radical (unpaired) electrons. The van der Waals surface area contributed by atoms with Crippen LogP contribution < -0.4 is 11.3 Å². The molecule has 0 aliphatic heterocycles. The van der Waals surface area contributed by atoms with Gasteiger partial charge in [0.25, 0.3) is 0 Å². The molecule has 1 aromatic rings. The van der Waals surface area contributed by atoms with E-state index in [4.69, 9.17) is 5.84 Å². The van der Waals surface area contributed by atoms with Crippen molar-refractivity contribution in [1.82, 2.24) is 5.43 Å². The van der Waals surface area contributed by atoms with E-state index in [2.05, 4.69) is 42.0 Å². The first-order valence-corrected chi connectivity index (χ1v) is 8.36. The van der Waals surface area contributed by atoms with Crippen LogP contribution >= 0.6 is 11.8 Å². The Morgan fingerprint density at radius 2 is 1.84 bits per heavy atom. The summed E-state index contributed by atoms with van der Waals surface area (Å²) in [6, 6.07) is 8.90. The van der Waals surface area contributed by atoms with Gasteiger partial charge in [-0.2, -0.15) is 0 Å². The van der Waals surface area contributed by atoms with Gasteiger partial charge in [0.1, 0.15) is 0 Å². The van der Waals surface area contributed by atoms with E-state index in [1.54, 1.807) is 11.8 Å². The van der Waals surface area contributed by atoms with Crippen molar-refractivity contribution in [2.75, 3.05) is 6.26 Å². The molecule has 0 bridgehead atoms. The van der Waals surface area contributed by atoms with Crippen molar-refractivity contribution in [3.8, 4) is 0 Å². The SMILES string of the molecule is CSc1ccc(C(NN)/C2=C/CCCCCC2)cc1. The summed E-state index contributed by atoms with van der Waals surface area (Å²) in [5, 5.41) is 0. The highest BCUT2D eigenvalue weighted by Gasteiger charge is 2.15. The van der Waals surface area contributed by atoms with Gasteiger partial charge in [-0.05, 0) is 49.6 Å². The van der Waals surface area contributed by atoms with Crippen molar-refractivity contribution in [2.24, 2.45) is 5.84 Å². The maximum atomic E-state index is 5.80. The first-order chi connectivity index (χ1) is 9.35. The molecule has 1 atom stereocenters. The molecular weight excluding hydrogens is 252 g/mol. The number of hydrogen-bond acceptors (Lipinski definition) is 3. The standard InChI is InChI=1S/C16H24N2S/c1-19-15-11-9-14(10-12-15)16(18-17)13-7-5-3-2-4-6-8-13/h7,9-12,16,18H,2-6,8,17H2,1H3/b13-7+. The summed E-state index contributed by atoms with van der Waals surface area (Å²) in [7, 11) is 0. The predicted molar refractivity (Wildman–Crippen MR) is 84.1 cm³/mol. The fourth-order valence-electron chi connectivity index (χ4n) is 2.69. The molecule has 0 spiro atoms. The first kappa shape index (κ1) is 14.6. The van der Waals surface area contributed by atoms with Crippen LogP contribution in [0.1, 0.15) is 50.1 Å². The summed E-state index contributed by atoms with van der Waals surface area (Å²) in [6.45, 7) is 0. The maximum Gasteiger partial charge on any atom is 0.0670 e. The van der Waals surface area contributed by atoms with E-state index in [0.29, 0.717) is 0 Å². The summed E-state index contributed by atoms with van der Waals surface area (Å²) < 4.78 is 0. The third-order valence-electron chi connectivity index (χ3n) is 3.81. The zero-order valence-electron chi connectivity index (χ0n) is 11.7. The second-order valence-corrected chi connectivity index (χ2v) is 5.98. The van der Waals surface area contributed by atoms with E-state index in [-0.39, 0.29) is 6.04 Å². The highest BCUT2D eigenvalue weighted by atomic mass is 32.2. The van der Waals surface area contributed by atoms with Gasteiger partial charge in [0.2, 0.25) is 0 Å². The Bertz CT molecular complexity index is 411. The van der Waals surface area contributed by atoms with E-state index in [0.717, 1.165) is 0 Å². The average Bonchev–Trinajstić information content (AvgIpc) is 2.42. The second kappa shape index (κ2) is 7.73. The molecule has 0 fully saturated rings. The maximum absolute atomic E-state index is 5.80. The van der Waals surface area contributed by atoms with Crippen LogP contribution in [-0.2, 0) is 0 Å². The van der Waals surface area contributed by atoms with E-state index in [9.17, 15) is 0 Å². The Labute approximate surface area is 120 Å². The molecule has 2 rings (SSSR count). The summed E-state index contributed by atoms with van der Waals surface area (Å²) >= 11 is 1.77. The normalized spacial score (nSPS) is 21.1. The molecule has 1 aliphatic rings. The van der Waals surface area contributed by atoms with Crippen molar-refractivity contribution < 1.29 is 0 Å². The van der Waals surface area contributed by atoms with Crippen LogP contribution in [0.4, 0.5) is 0 Å². The molecule has 2 nitrogen and oxygen atoms in total. The zero-order valence-corrected chi connectivity index (χ0v) is 12.5. The number of benzene rings is 1. The molecule has 3 heteroatoms. The van der Waals surface area contributed by atoms with Gasteiger partial charge in [-0.25, -0.2) is 5.43 Å². The zero-order chi connectivity index (χ0) is 13.5. The highest BCUT2D eigenvalue weighted by molar-refractivity contribution is 7.98. The Kier molecular flexibility index (Phi) is 5.95. The van der Waals surface area contributed by atoms with Crippen LogP contribution in [0.5, 0.6) is 0 Å². The van der Waals surface area contributed by atoms with Crippen LogP contribution in [0, 0.1) is 0 Å². The summed E-state index contributed by atoms with van der Waals surface area (Å²) in [4.78, 5) is 1.30. The molecule has 3 N–H and O–H groups in total. The number of nitrogens with one attached hydrogen (secondary N) is 1. The van der Waals surface area contributed by atoms with Crippen molar-refractivity contribution in [3.05, 3.63) is 41.5 Å². The second-order valence-electron chi connectivity index (χ2n) is 5.10. The molecule has 0 saturated heterocycles. The molecule has 0 amide bonds. The number of thioether (sulfide) groups is 1. The highest BCUT2D eigenvalue weighted by Crippen LogP contribution is 2.29. The van der Waals surface area contributed by atoms with Crippen molar-refractivity contribution in [3.63, 3.8) is 0 Å². The summed E-state index contributed by atoms with van der Waals surface area (Å²) in [6.07, 6.45) is 12.2. The number of hydrogen-bond donors (Lipinski definition) is 2. The van der Waals surface area contributed by atoms with Gasteiger partial charge in [-0.1, -0.05) is 36.6 Å². The van der Waals surface area contributed by atoms with Gasteiger partial charge in [0.15, 0.2) is 0 Å². The lowest BCUT2D eigenvalue weighted by Crippen LogP contribution is -2.29. The molecule has 1 aromatic carbocycles. The van der Waals surface area contributed by atoms with E-state index < -0.39 is 0 Å². The van der Waals surface area contributed by atoms with Gasteiger partial charge in [-0.15, -0.1) is 11.8 Å². The van der Waals surface area contributed by atoms with Crippen LogP contribution in [0.25, 0.3) is 0 Å². The third-order valence-corrected chi connectivity index (χ3v) is 4.56. The molecule has 1 unspecified atom stereocenters. The fraction of sp³-hybridized carbons (Fsp3) is 0.500. The number of allylic oxidation sites excluding steroid dienone is 1. The van der Waals surface area contributed by atoms with Crippen LogP contribution in [-0.4, -0.2) is 6.26 Å². The Balaban J connectivity index is 2.16. The Morgan fingerprint density at radius 3 is 2.53 bits per heavy atom. The molecule has 0 aromatic heterocycles. The monoisotopic (exact) mass is 276 g/mol. The fourth-order valence-corrected chi connectivity index (χ4v) is 3.10. The molecule has 0 saturated carbocycles. The smallest absolute Gasteiger partial charge is 0.0670 e. The van der Waals surface area contributed by atoms with Gasteiger partial charge in [0.05, 0.1) is 6.04 Å². The quantitative estimate of drug-likeness (QED) is 0.375. The molecule has 104 valence electrons.